The van der Waals surface area contributed by atoms with Gasteiger partial charge in [0.25, 0.3) is 0 Å². The summed E-state index contributed by atoms with van der Waals surface area (Å²) in [6.45, 7) is 2.22. The van der Waals surface area contributed by atoms with E-state index < -0.39 is 5.67 Å². The van der Waals surface area contributed by atoms with Gasteiger partial charge >= 0.3 is 0 Å². The minimum Gasteiger partial charge on any atom is -0.234 e. The standard InChI is InChI=1S/C17H27F/c1-2-3-6-11-16(12-7-4-8-13-16)17(18)14-9-5-10-15-17/h9-10,14-15H,2-8,11-13H2,1H3. The minimum atomic E-state index is -1.17. The Morgan fingerprint density at radius 2 is 1.67 bits per heavy atom. The van der Waals surface area contributed by atoms with E-state index in [0.29, 0.717) is 0 Å². The molecular formula is C17H27F. The van der Waals surface area contributed by atoms with Crippen molar-refractivity contribution in [3.8, 4) is 0 Å². The van der Waals surface area contributed by atoms with E-state index in [-0.39, 0.29) is 5.41 Å². The molecule has 0 N–H and O–H groups in total. The van der Waals surface area contributed by atoms with Gasteiger partial charge in [0.15, 0.2) is 5.67 Å². The average Bonchev–Trinajstić information content (AvgIpc) is 2.41. The van der Waals surface area contributed by atoms with Gasteiger partial charge in [0.05, 0.1) is 0 Å². The van der Waals surface area contributed by atoms with Gasteiger partial charge in [0.1, 0.15) is 0 Å². The van der Waals surface area contributed by atoms with Crippen LogP contribution < -0.4 is 0 Å². The van der Waals surface area contributed by atoms with Crippen LogP contribution in [0.15, 0.2) is 24.3 Å². The predicted octanol–water partition coefficient (Wildman–Crippen LogP) is 5.74. The molecule has 0 aliphatic heterocycles. The van der Waals surface area contributed by atoms with Gasteiger partial charge in [-0.2, -0.15) is 0 Å². The molecule has 0 radical (unpaired) electrons. The molecule has 2 rings (SSSR count). The van der Waals surface area contributed by atoms with Crippen LogP contribution in [0.4, 0.5) is 4.39 Å². The fourth-order valence-electron chi connectivity index (χ4n) is 3.73. The van der Waals surface area contributed by atoms with Crippen LogP contribution in [0.2, 0.25) is 0 Å². The molecule has 18 heavy (non-hydrogen) atoms. The van der Waals surface area contributed by atoms with E-state index in [1.807, 2.05) is 24.3 Å². The summed E-state index contributed by atoms with van der Waals surface area (Å²) in [6, 6.07) is 0. The molecule has 0 atom stereocenters. The number of rotatable bonds is 5. The van der Waals surface area contributed by atoms with Crippen LogP contribution >= 0.6 is 0 Å². The second-order valence-electron chi connectivity index (χ2n) is 6.11. The molecule has 0 nitrogen and oxygen atoms in total. The van der Waals surface area contributed by atoms with E-state index in [2.05, 4.69) is 6.92 Å². The van der Waals surface area contributed by atoms with Crippen molar-refractivity contribution in [3.05, 3.63) is 24.3 Å². The highest BCUT2D eigenvalue weighted by Crippen LogP contribution is 2.52. The second kappa shape index (κ2) is 6.04. The summed E-state index contributed by atoms with van der Waals surface area (Å²) >= 11 is 0. The van der Waals surface area contributed by atoms with Gasteiger partial charge in [0.2, 0.25) is 0 Å². The minimum absolute atomic E-state index is 0.103. The predicted molar refractivity (Wildman–Crippen MR) is 76.4 cm³/mol. The Balaban J connectivity index is 2.15. The van der Waals surface area contributed by atoms with Gasteiger partial charge in [-0.3, -0.25) is 0 Å². The molecule has 1 saturated carbocycles. The maximum Gasteiger partial charge on any atom is 0.152 e. The molecule has 0 aromatic heterocycles. The zero-order valence-electron chi connectivity index (χ0n) is 11.8. The Labute approximate surface area is 111 Å². The SMILES string of the molecule is CCCCCC1(C2(F)C=CCC=C2)CCCCC1. The maximum atomic E-state index is 15.4. The lowest BCUT2D eigenvalue weighted by Gasteiger charge is -2.46. The Hall–Kier alpha value is -0.590. The molecule has 0 unspecified atom stereocenters. The first-order valence-corrected chi connectivity index (χ1v) is 7.77. The lowest BCUT2D eigenvalue weighted by molar-refractivity contribution is 0.0228. The Kier molecular flexibility index (Phi) is 4.64. The average molecular weight is 250 g/mol. The van der Waals surface area contributed by atoms with Crippen LogP contribution in [0.5, 0.6) is 0 Å². The molecule has 2 aliphatic rings. The van der Waals surface area contributed by atoms with Crippen molar-refractivity contribution in [2.45, 2.75) is 76.8 Å². The summed E-state index contributed by atoms with van der Waals surface area (Å²) in [5.41, 5.74) is -1.27. The highest BCUT2D eigenvalue weighted by molar-refractivity contribution is 5.26. The molecule has 1 fully saturated rings. The van der Waals surface area contributed by atoms with E-state index in [9.17, 15) is 0 Å². The van der Waals surface area contributed by atoms with Crippen molar-refractivity contribution in [1.29, 1.82) is 0 Å². The van der Waals surface area contributed by atoms with Crippen molar-refractivity contribution in [1.82, 2.24) is 0 Å². The highest BCUT2D eigenvalue weighted by Gasteiger charge is 2.48. The number of unbranched alkanes of at least 4 members (excludes halogenated alkanes) is 2. The molecule has 0 spiro atoms. The molecule has 1 heteroatoms. The number of allylic oxidation sites excluding steroid dienone is 4. The largest absolute Gasteiger partial charge is 0.234 e. The first kappa shape index (κ1) is 13.8. The Morgan fingerprint density at radius 3 is 2.28 bits per heavy atom. The van der Waals surface area contributed by atoms with Gasteiger partial charge < -0.3 is 0 Å². The normalized spacial score (nSPS) is 25.2. The zero-order valence-corrected chi connectivity index (χ0v) is 11.8. The van der Waals surface area contributed by atoms with E-state index in [1.165, 1.54) is 38.5 Å². The Morgan fingerprint density at radius 1 is 1.00 bits per heavy atom. The van der Waals surface area contributed by atoms with Crippen LogP contribution in [-0.2, 0) is 0 Å². The Bertz CT molecular complexity index is 296. The zero-order chi connectivity index (χ0) is 12.9. The van der Waals surface area contributed by atoms with Gasteiger partial charge in [-0.05, 0) is 37.8 Å². The van der Waals surface area contributed by atoms with Gasteiger partial charge in [-0.1, -0.05) is 57.6 Å². The molecular weight excluding hydrogens is 223 g/mol. The monoisotopic (exact) mass is 250 g/mol. The topological polar surface area (TPSA) is 0 Å². The number of halogens is 1. The molecule has 2 aliphatic carbocycles. The van der Waals surface area contributed by atoms with Crippen LogP contribution in [0.3, 0.4) is 0 Å². The summed E-state index contributed by atoms with van der Waals surface area (Å²) in [5.74, 6) is 0. The quantitative estimate of drug-likeness (QED) is 0.431. The van der Waals surface area contributed by atoms with Crippen molar-refractivity contribution < 1.29 is 4.39 Å². The maximum absolute atomic E-state index is 15.4. The van der Waals surface area contributed by atoms with E-state index >= 15 is 4.39 Å². The van der Waals surface area contributed by atoms with Crippen molar-refractivity contribution in [2.75, 3.05) is 0 Å². The molecule has 0 aromatic carbocycles. The van der Waals surface area contributed by atoms with E-state index in [4.69, 9.17) is 0 Å². The molecule has 0 amide bonds. The van der Waals surface area contributed by atoms with E-state index in [0.717, 1.165) is 25.7 Å². The first-order valence-electron chi connectivity index (χ1n) is 7.77. The molecule has 0 aromatic rings. The van der Waals surface area contributed by atoms with Crippen LogP contribution in [0.1, 0.15) is 71.1 Å². The fourth-order valence-corrected chi connectivity index (χ4v) is 3.73. The lowest BCUT2D eigenvalue weighted by atomic mass is 9.61. The summed E-state index contributed by atoms with van der Waals surface area (Å²) < 4.78 is 15.4. The van der Waals surface area contributed by atoms with Gasteiger partial charge in [0, 0.05) is 5.41 Å². The van der Waals surface area contributed by atoms with Crippen molar-refractivity contribution in [3.63, 3.8) is 0 Å². The van der Waals surface area contributed by atoms with E-state index in [1.54, 1.807) is 0 Å². The molecule has 102 valence electrons. The molecule has 0 bridgehead atoms. The van der Waals surface area contributed by atoms with Crippen molar-refractivity contribution in [2.24, 2.45) is 5.41 Å². The number of hydrogen-bond acceptors (Lipinski definition) is 0. The second-order valence-corrected chi connectivity index (χ2v) is 6.11. The summed E-state index contributed by atoms with van der Waals surface area (Å²) in [5, 5.41) is 0. The third-order valence-electron chi connectivity index (χ3n) is 4.88. The molecule has 0 heterocycles. The van der Waals surface area contributed by atoms with Crippen LogP contribution in [0.25, 0.3) is 0 Å². The first-order chi connectivity index (χ1) is 8.72. The molecule has 0 saturated heterocycles. The highest BCUT2D eigenvalue weighted by atomic mass is 19.1. The third kappa shape index (κ3) is 2.70. The van der Waals surface area contributed by atoms with Gasteiger partial charge in [-0.15, -0.1) is 0 Å². The van der Waals surface area contributed by atoms with Crippen LogP contribution in [0, 0.1) is 5.41 Å². The lowest BCUT2D eigenvalue weighted by Crippen LogP contribution is -2.44. The van der Waals surface area contributed by atoms with Crippen LogP contribution in [-0.4, -0.2) is 5.67 Å². The van der Waals surface area contributed by atoms with Gasteiger partial charge in [-0.25, -0.2) is 4.39 Å². The summed E-state index contributed by atoms with van der Waals surface area (Å²) in [6.07, 6.45) is 19.2. The smallest absolute Gasteiger partial charge is 0.152 e. The summed E-state index contributed by atoms with van der Waals surface area (Å²) in [4.78, 5) is 0. The fraction of sp³-hybridized carbons (Fsp3) is 0.765. The number of hydrogen-bond donors (Lipinski definition) is 0. The third-order valence-corrected chi connectivity index (χ3v) is 4.88. The number of alkyl halides is 1. The summed E-state index contributed by atoms with van der Waals surface area (Å²) in [7, 11) is 0. The van der Waals surface area contributed by atoms with Crippen molar-refractivity contribution >= 4 is 0 Å².